The molecule has 0 amide bonds. The summed E-state index contributed by atoms with van der Waals surface area (Å²) in [7, 11) is 4.11. The highest BCUT2D eigenvalue weighted by Crippen LogP contribution is 2.29. The van der Waals surface area contributed by atoms with Gasteiger partial charge in [-0.15, -0.1) is 0 Å². The maximum Gasteiger partial charge on any atom is 0.0367 e. The van der Waals surface area contributed by atoms with E-state index >= 15 is 0 Å². The lowest BCUT2D eigenvalue weighted by Crippen LogP contribution is -2.08. The number of hydrogen-bond donors (Lipinski definition) is 0. The highest BCUT2D eigenvalue weighted by atomic mass is 79.9. The van der Waals surface area contributed by atoms with E-state index in [1.54, 1.807) is 0 Å². The van der Waals surface area contributed by atoms with E-state index in [0.29, 0.717) is 0 Å². The second kappa shape index (κ2) is 4.71. The van der Waals surface area contributed by atoms with Gasteiger partial charge >= 0.3 is 0 Å². The molecule has 2 aromatic carbocycles. The normalized spacial score (nSPS) is 10.2. The Hall–Kier alpha value is -1.28. The molecule has 0 N–H and O–H groups in total. The molecule has 82 valence electrons. The van der Waals surface area contributed by atoms with Gasteiger partial charge in [0.15, 0.2) is 0 Å². The third-order valence-corrected chi connectivity index (χ3v) is 3.24. The summed E-state index contributed by atoms with van der Waals surface area (Å²) in [6, 6.07) is 16.8. The van der Waals surface area contributed by atoms with Crippen LogP contribution in [-0.2, 0) is 0 Å². The molecule has 0 heterocycles. The highest BCUT2D eigenvalue weighted by molar-refractivity contribution is 9.10. The van der Waals surface area contributed by atoms with Crippen LogP contribution < -0.4 is 4.90 Å². The molecule has 0 spiro atoms. The van der Waals surface area contributed by atoms with Gasteiger partial charge < -0.3 is 4.90 Å². The number of benzene rings is 2. The van der Waals surface area contributed by atoms with E-state index in [4.69, 9.17) is 0 Å². The van der Waals surface area contributed by atoms with E-state index in [9.17, 15) is 0 Å². The Kier molecular flexibility index (Phi) is 3.30. The van der Waals surface area contributed by atoms with Crippen molar-refractivity contribution in [3.63, 3.8) is 0 Å². The molecule has 0 saturated heterocycles. The van der Waals surface area contributed by atoms with Gasteiger partial charge in [0.25, 0.3) is 0 Å². The molecule has 0 radical (unpaired) electrons. The summed E-state index contributed by atoms with van der Waals surface area (Å²) in [6.45, 7) is 0. The molecule has 16 heavy (non-hydrogen) atoms. The maximum absolute atomic E-state index is 3.58. The van der Waals surface area contributed by atoms with Crippen molar-refractivity contribution in [1.82, 2.24) is 0 Å². The van der Waals surface area contributed by atoms with E-state index in [-0.39, 0.29) is 0 Å². The van der Waals surface area contributed by atoms with Gasteiger partial charge in [-0.25, -0.2) is 0 Å². The number of anilines is 1. The fourth-order valence-electron chi connectivity index (χ4n) is 1.65. The smallest absolute Gasteiger partial charge is 0.0367 e. The fraction of sp³-hybridized carbons (Fsp3) is 0.143. The Labute approximate surface area is 105 Å². The highest BCUT2D eigenvalue weighted by Gasteiger charge is 2.03. The molecule has 2 aromatic rings. The van der Waals surface area contributed by atoms with Crippen LogP contribution in [0.4, 0.5) is 5.69 Å². The largest absolute Gasteiger partial charge is 0.378 e. The van der Waals surface area contributed by atoms with Crippen molar-refractivity contribution in [3.8, 4) is 11.1 Å². The van der Waals surface area contributed by atoms with Crippen molar-refractivity contribution in [3.05, 3.63) is 53.0 Å². The van der Waals surface area contributed by atoms with Gasteiger partial charge in [0.2, 0.25) is 0 Å². The molecule has 0 aromatic heterocycles. The lowest BCUT2D eigenvalue weighted by molar-refractivity contribution is 1.13. The zero-order valence-corrected chi connectivity index (χ0v) is 11.0. The zero-order chi connectivity index (χ0) is 11.5. The molecular weight excluding hydrogens is 262 g/mol. The first-order chi connectivity index (χ1) is 7.68. The molecule has 2 rings (SSSR count). The molecule has 0 atom stereocenters. The summed E-state index contributed by atoms with van der Waals surface area (Å²) in [5.74, 6) is 0. The van der Waals surface area contributed by atoms with E-state index in [2.05, 4.69) is 77.4 Å². The van der Waals surface area contributed by atoms with Crippen LogP contribution in [0.2, 0.25) is 0 Å². The first-order valence-corrected chi connectivity index (χ1v) is 6.00. The lowest BCUT2D eigenvalue weighted by atomic mass is 10.1. The summed E-state index contributed by atoms with van der Waals surface area (Å²) in [6.07, 6.45) is 0. The van der Waals surface area contributed by atoms with Gasteiger partial charge in [-0.3, -0.25) is 0 Å². The molecule has 0 aliphatic rings. The number of hydrogen-bond acceptors (Lipinski definition) is 1. The molecule has 0 unspecified atom stereocenters. The minimum absolute atomic E-state index is 1.13. The van der Waals surface area contributed by atoms with Crippen LogP contribution >= 0.6 is 15.9 Å². The summed E-state index contributed by atoms with van der Waals surface area (Å²) in [5, 5.41) is 0. The van der Waals surface area contributed by atoms with E-state index in [1.165, 1.54) is 16.8 Å². The van der Waals surface area contributed by atoms with E-state index in [1.807, 2.05) is 6.07 Å². The summed E-state index contributed by atoms with van der Waals surface area (Å²) < 4.78 is 1.13. The van der Waals surface area contributed by atoms with Crippen LogP contribution in [0.25, 0.3) is 11.1 Å². The molecule has 0 aliphatic heterocycles. The van der Waals surface area contributed by atoms with Gasteiger partial charge in [-0.05, 0) is 29.3 Å². The van der Waals surface area contributed by atoms with Crippen LogP contribution in [0.3, 0.4) is 0 Å². The van der Waals surface area contributed by atoms with Crippen LogP contribution in [0.15, 0.2) is 53.0 Å². The van der Waals surface area contributed by atoms with Gasteiger partial charge in [-0.1, -0.05) is 46.3 Å². The van der Waals surface area contributed by atoms with Crippen LogP contribution in [-0.4, -0.2) is 14.1 Å². The summed E-state index contributed by atoms with van der Waals surface area (Å²) >= 11 is 3.58. The first kappa shape index (κ1) is 11.2. The van der Waals surface area contributed by atoms with E-state index in [0.717, 1.165) is 4.47 Å². The Morgan fingerprint density at radius 2 is 1.69 bits per heavy atom. The van der Waals surface area contributed by atoms with Gasteiger partial charge in [0.1, 0.15) is 0 Å². The van der Waals surface area contributed by atoms with Gasteiger partial charge in [-0.2, -0.15) is 0 Å². The van der Waals surface area contributed by atoms with Crippen LogP contribution in [0.5, 0.6) is 0 Å². The van der Waals surface area contributed by atoms with Crippen molar-refractivity contribution in [2.75, 3.05) is 19.0 Å². The van der Waals surface area contributed by atoms with E-state index < -0.39 is 0 Å². The molecule has 0 saturated carbocycles. The topological polar surface area (TPSA) is 3.24 Å². The predicted octanol–water partition coefficient (Wildman–Crippen LogP) is 4.18. The average Bonchev–Trinajstić information content (AvgIpc) is 2.30. The molecule has 1 nitrogen and oxygen atoms in total. The van der Waals surface area contributed by atoms with Crippen molar-refractivity contribution in [2.45, 2.75) is 0 Å². The van der Waals surface area contributed by atoms with Crippen LogP contribution in [0.1, 0.15) is 0 Å². The quantitative estimate of drug-likeness (QED) is 0.795. The standard InChI is InChI=1S/C14H14BrN/c1-16(2)12-7-5-6-11(10-12)13-8-3-4-9-14(13)15/h3-10H,1-2H3. The average molecular weight is 276 g/mol. The van der Waals surface area contributed by atoms with Gasteiger partial charge in [0.05, 0.1) is 0 Å². The first-order valence-electron chi connectivity index (χ1n) is 5.21. The molecule has 2 heteroatoms. The second-order valence-corrected chi connectivity index (χ2v) is 4.78. The Morgan fingerprint density at radius 3 is 2.38 bits per heavy atom. The molecule has 0 fully saturated rings. The Morgan fingerprint density at radius 1 is 0.938 bits per heavy atom. The molecule has 0 aliphatic carbocycles. The van der Waals surface area contributed by atoms with Crippen molar-refractivity contribution in [1.29, 1.82) is 0 Å². The van der Waals surface area contributed by atoms with Crippen molar-refractivity contribution < 1.29 is 0 Å². The minimum Gasteiger partial charge on any atom is -0.378 e. The number of nitrogens with zero attached hydrogens (tertiary/aromatic N) is 1. The van der Waals surface area contributed by atoms with Gasteiger partial charge in [0, 0.05) is 24.3 Å². The summed E-state index contributed by atoms with van der Waals surface area (Å²) in [5.41, 5.74) is 3.68. The number of halogens is 1. The minimum atomic E-state index is 1.13. The second-order valence-electron chi connectivity index (χ2n) is 3.92. The number of rotatable bonds is 2. The third kappa shape index (κ3) is 2.27. The molecular formula is C14H14BrN. The van der Waals surface area contributed by atoms with Crippen molar-refractivity contribution in [2.24, 2.45) is 0 Å². The fourth-order valence-corrected chi connectivity index (χ4v) is 2.16. The van der Waals surface area contributed by atoms with Crippen molar-refractivity contribution >= 4 is 21.6 Å². The predicted molar refractivity (Wildman–Crippen MR) is 73.9 cm³/mol. The lowest BCUT2D eigenvalue weighted by Gasteiger charge is -2.14. The Bertz CT molecular complexity index is 492. The SMILES string of the molecule is CN(C)c1cccc(-c2ccccc2Br)c1. The van der Waals surface area contributed by atoms with Crippen LogP contribution in [0, 0.1) is 0 Å². The maximum atomic E-state index is 3.58. The molecule has 0 bridgehead atoms. The summed E-state index contributed by atoms with van der Waals surface area (Å²) in [4.78, 5) is 2.11. The third-order valence-electron chi connectivity index (χ3n) is 2.55. The monoisotopic (exact) mass is 275 g/mol. The zero-order valence-electron chi connectivity index (χ0n) is 9.44. The Balaban J connectivity index is 2.49.